The van der Waals surface area contributed by atoms with Gasteiger partial charge in [-0.2, -0.15) is 0 Å². The summed E-state index contributed by atoms with van der Waals surface area (Å²) in [5.74, 6) is -0.852. The van der Waals surface area contributed by atoms with Gasteiger partial charge in [0, 0.05) is 14.1 Å². The molecular formula is C20H24N2O6S. The predicted octanol–water partition coefficient (Wildman–Crippen LogP) is 2.36. The fourth-order valence-corrected chi connectivity index (χ4v) is 3.44. The smallest absolute Gasteiger partial charge is 0.338 e. The topological polar surface area (TPSA) is 102 Å². The molecule has 1 N–H and O–H groups in total. The summed E-state index contributed by atoms with van der Waals surface area (Å²) in [5.41, 5.74) is 2.00. The van der Waals surface area contributed by atoms with Crippen molar-refractivity contribution in [2.75, 3.05) is 33.1 Å². The predicted molar refractivity (Wildman–Crippen MR) is 109 cm³/mol. The quantitative estimate of drug-likeness (QED) is 0.690. The van der Waals surface area contributed by atoms with Gasteiger partial charge in [0.05, 0.1) is 23.3 Å². The van der Waals surface area contributed by atoms with Gasteiger partial charge in [-0.25, -0.2) is 17.5 Å². The molecule has 0 aliphatic carbocycles. The lowest BCUT2D eigenvalue weighted by molar-refractivity contribution is -0.119. The molecule has 8 nitrogen and oxygen atoms in total. The molecule has 2 rings (SSSR count). The van der Waals surface area contributed by atoms with Crippen molar-refractivity contribution < 1.29 is 27.5 Å². The third-order valence-corrected chi connectivity index (χ3v) is 5.98. The fraction of sp³-hybridized carbons (Fsp3) is 0.300. The van der Waals surface area contributed by atoms with Gasteiger partial charge in [0.1, 0.15) is 5.75 Å². The highest BCUT2D eigenvalue weighted by Crippen LogP contribution is 2.25. The van der Waals surface area contributed by atoms with Gasteiger partial charge in [-0.05, 0) is 49.2 Å². The monoisotopic (exact) mass is 420 g/mol. The van der Waals surface area contributed by atoms with E-state index < -0.39 is 28.5 Å². The number of anilines is 1. The number of benzene rings is 2. The van der Waals surface area contributed by atoms with Crippen LogP contribution in [0.15, 0.2) is 41.3 Å². The van der Waals surface area contributed by atoms with Crippen molar-refractivity contribution in [3.63, 3.8) is 0 Å². The first kappa shape index (κ1) is 22.4. The molecule has 0 aliphatic rings. The number of nitrogens with zero attached hydrogens (tertiary/aromatic N) is 1. The third kappa shape index (κ3) is 5.33. The first-order valence-corrected chi connectivity index (χ1v) is 10.1. The van der Waals surface area contributed by atoms with E-state index >= 15 is 0 Å². The van der Waals surface area contributed by atoms with Crippen molar-refractivity contribution in [3.8, 4) is 5.75 Å². The Morgan fingerprint density at radius 2 is 1.76 bits per heavy atom. The molecule has 29 heavy (non-hydrogen) atoms. The van der Waals surface area contributed by atoms with E-state index in [1.807, 2.05) is 13.0 Å². The average molecular weight is 420 g/mol. The number of nitrogens with one attached hydrogen (secondary N) is 1. The number of amides is 1. The molecular weight excluding hydrogens is 396 g/mol. The van der Waals surface area contributed by atoms with Crippen LogP contribution in [0, 0.1) is 13.8 Å². The van der Waals surface area contributed by atoms with Gasteiger partial charge in [0.2, 0.25) is 10.0 Å². The number of hydrogen-bond donors (Lipinski definition) is 1. The summed E-state index contributed by atoms with van der Waals surface area (Å²) in [6.07, 6.45) is 0. The van der Waals surface area contributed by atoms with Crippen LogP contribution in [0.2, 0.25) is 0 Å². The number of hydrogen-bond acceptors (Lipinski definition) is 6. The second-order valence-electron chi connectivity index (χ2n) is 6.59. The Balaban J connectivity index is 2.11. The van der Waals surface area contributed by atoms with E-state index in [-0.39, 0.29) is 10.5 Å². The van der Waals surface area contributed by atoms with E-state index in [4.69, 9.17) is 9.47 Å². The molecule has 0 saturated heterocycles. The molecule has 156 valence electrons. The number of rotatable bonds is 7. The van der Waals surface area contributed by atoms with E-state index in [0.29, 0.717) is 17.0 Å². The van der Waals surface area contributed by atoms with Crippen molar-refractivity contribution in [2.24, 2.45) is 0 Å². The molecule has 0 heterocycles. The van der Waals surface area contributed by atoms with Gasteiger partial charge >= 0.3 is 5.97 Å². The van der Waals surface area contributed by atoms with Gasteiger partial charge in [-0.15, -0.1) is 0 Å². The summed E-state index contributed by atoms with van der Waals surface area (Å²) in [6.45, 7) is 2.99. The average Bonchev–Trinajstić information content (AvgIpc) is 2.66. The number of methoxy groups -OCH3 is 1. The summed E-state index contributed by atoms with van der Waals surface area (Å²) in [4.78, 5) is 24.6. The Bertz CT molecular complexity index is 1030. The van der Waals surface area contributed by atoms with Gasteiger partial charge < -0.3 is 14.8 Å². The molecule has 0 radical (unpaired) electrons. The maximum atomic E-state index is 12.4. The second-order valence-corrected chi connectivity index (χ2v) is 8.74. The Hall–Kier alpha value is -2.91. The summed E-state index contributed by atoms with van der Waals surface area (Å²) in [7, 11) is 0.583. The van der Waals surface area contributed by atoms with Crippen molar-refractivity contribution in [1.29, 1.82) is 0 Å². The minimum absolute atomic E-state index is 0.0333. The summed E-state index contributed by atoms with van der Waals surface area (Å²) >= 11 is 0. The molecule has 0 spiro atoms. The van der Waals surface area contributed by atoms with Crippen LogP contribution in [-0.4, -0.2) is 52.4 Å². The highest BCUT2D eigenvalue weighted by atomic mass is 32.2. The molecule has 0 fully saturated rings. The van der Waals surface area contributed by atoms with Gasteiger partial charge in [-0.3, -0.25) is 4.79 Å². The molecule has 0 saturated carbocycles. The molecule has 9 heteroatoms. The van der Waals surface area contributed by atoms with E-state index in [1.54, 1.807) is 19.1 Å². The Labute approximate surface area is 170 Å². The molecule has 2 aromatic rings. The lowest BCUT2D eigenvalue weighted by Crippen LogP contribution is -2.23. The number of ether oxygens (including phenoxy) is 2. The zero-order valence-electron chi connectivity index (χ0n) is 17.0. The summed E-state index contributed by atoms with van der Waals surface area (Å²) < 4.78 is 35.9. The van der Waals surface area contributed by atoms with Gasteiger partial charge in [-0.1, -0.05) is 12.1 Å². The second kappa shape index (κ2) is 9.06. The normalized spacial score (nSPS) is 11.2. The van der Waals surface area contributed by atoms with Crippen LogP contribution in [-0.2, 0) is 19.6 Å². The minimum atomic E-state index is -3.70. The molecule has 0 bridgehead atoms. The third-order valence-electron chi connectivity index (χ3n) is 4.17. The first-order valence-electron chi connectivity index (χ1n) is 8.71. The van der Waals surface area contributed by atoms with Gasteiger partial charge in [0.25, 0.3) is 5.91 Å². The van der Waals surface area contributed by atoms with Crippen LogP contribution >= 0.6 is 0 Å². The van der Waals surface area contributed by atoms with Crippen molar-refractivity contribution >= 4 is 27.6 Å². The van der Waals surface area contributed by atoms with Crippen LogP contribution < -0.4 is 10.1 Å². The summed E-state index contributed by atoms with van der Waals surface area (Å²) in [6, 6.07) is 9.47. The zero-order chi connectivity index (χ0) is 21.8. The number of esters is 1. The van der Waals surface area contributed by atoms with Crippen molar-refractivity contribution in [1.82, 2.24) is 4.31 Å². The largest absolute Gasteiger partial charge is 0.495 e. The lowest BCUT2D eigenvalue weighted by atomic mass is 10.1. The highest BCUT2D eigenvalue weighted by molar-refractivity contribution is 7.89. The van der Waals surface area contributed by atoms with Crippen LogP contribution in [0.4, 0.5) is 5.69 Å². The van der Waals surface area contributed by atoms with E-state index in [9.17, 15) is 18.0 Å². The summed E-state index contributed by atoms with van der Waals surface area (Å²) in [5, 5.41) is 2.63. The Morgan fingerprint density at radius 1 is 1.07 bits per heavy atom. The lowest BCUT2D eigenvalue weighted by Gasteiger charge is -2.14. The van der Waals surface area contributed by atoms with Crippen LogP contribution in [0.3, 0.4) is 0 Å². The zero-order valence-corrected chi connectivity index (χ0v) is 17.8. The molecule has 0 atom stereocenters. The molecule has 2 aromatic carbocycles. The van der Waals surface area contributed by atoms with Gasteiger partial charge in [0.15, 0.2) is 6.61 Å². The maximum Gasteiger partial charge on any atom is 0.338 e. The highest BCUT2D eigenvalue weighted by Gasteiger charge is 2.21. The van der Waals surface area contributed by atoms with Crippen LogP contribution in [0.25, 0.3) is 0 Å². The Kier molecular flexibility index (Phi) is 6.99. The van der Waals surface area contributed by atoms with Crippen molar-refractivity contribution in [3.05, 3.63) is 53.1 Å². The van der Waals surface area contributed by atoms with E-state index in [0.717, 1.165) is 9.87 Å². The van der Waals surface area contributed by atoms with E-state index in [2.05, 4.69) is 5.32 Å². The number of carbonyl (C=O) groups is 2. The number of carbonyl (C=O) groups excluding carboxylic acids is 2. The molecule has 1 amide bonds. The standard InChI is InChI=1S/C20H24N2O6S/c1-13-6-9-18(27-5)17(10-13)21-19(23)12-28-20(24)16-11-15(8-7-14(16)2)29(25,26)22(3)4/h6-11H,12H2,1-5H3,(H,21,23). The fourth-order valence-electron chi connectivity index (χ4n) is 2.51. The first-order chi connectivity index (χ1) is 13.6. The SMILES string of the molecule is COc1ccc(C)cc1NC(=O)COC(=O)c1cc(S(=O)(=O)N(C)C)ccc1C. The molecule has 0 aliphatic heterocycles. The maximum absolute atomic E-state index is 12.4. The number of aryl methyl sites for hydroxylation is 2. The molecule has 0 unspecified atom stereocenters. The van der Waals surface area contributed by atoms with E-state index in [1.165, 1.54) is 39.4 Å². The minimum Gasteiger partial charge on any atom is -0.495 e. The molecule has 0 aromatic heterocycles. The van der Waals surface area contributed by atoms with Crippen LogP contribution in [0.1, 0.15) is 21.5 Å². The Morgan fingerprint density at radius 3 is 2.38 bits per heavy atom. The number of sulfonamides is 1. The van der Waals surface area contributed by atoms with Crippen molar-refractivity contribution in [2.45, 2.75) is 18.7 Å². The van der Waals surface area contributed by atoms with Crippen LogP contribution in [0.5, 0.6) is 5.75 Å².